The summed E-state index contributed by atoms with van der Waals surface area (Å²) in [5.41, 5.74) is 9.98. The molecule has 0 bridgehead atoms. The summed E-state index contributed by atoms with van der Waals surface area (Å²) < 4.78 is 0. The van der Waals surface area contributed by atoms with Gasteiger partial charge < -0.3 is 0 Å². The van der Waals surface area contributed by atoms with Gasteiger partial charge in [0.25, 0.3) is 0 Å². The normalized spacial score (nSPS) is 11.2. The van der Waals surface area contributed by atoms with Crippen LogP contribution < -0.4 is 0 Å². The molecule has 7 aromatic rings. The van der Waals surface area contributed by atoms with Gasteiger partial charge in [0, 0.05) is 0 Å². The maximum Gasteiger partial charge on any atom is -0.00203 e. The van der Waals surface area contributed by atoms with Crippen LogP contribution in [0.5, 0.6) is 0 Å². The smallest absolute Gasteiger partial charge is 0.00203 e. The zero-order valence-electron chi connectivity index (χ0n) is 21.0. The fourth-order valence-electron chi connectivity index (χ4n) is 5.70. The van der Waals surface area contributed by atoms with E-state index < -0.39 is 0 Å². The molecule has 0 spiro atoms. The van der Waals surface area contributed by atoms with Gasteiger partial charge in [-0.25, -0.2) is 0 Å². The van der Waals surface area contributed by atoms with Crippen LogP contribution in [0.2, 0.25) is 0 Å². The van der Waals surface area contributed by atoms with Crippen LogP contribution in [0.3, 0.4) is 0 Å². The van der Waals surface area contributed by atoms with Crippen LogP contribution in [0, 0.1) is 0 Å². The predicted octanol–water partition coefficient (Wildman–Crippen LogP) is 10.7. The molecule has 0 N–H and O–H groups in total. The minimum absolute atomic E-state index is 1.23. The maximum atomic E-state index is 2.41. The molecule has 7 aromatic carbocycles. The molecule has 0 amide bonds. The monoisotopic (exact) mass is 482 g/mol. The molecule has 0 saturated carbocycles. The molecule has 0 fully saturated rings. The molecule has 7 rings (SSSR count). The van der Waals surface area contributed by atoms with Gasteiger partial charge in [0.1, 0.15) is 0 Å². The predicted molar refractivity (Wildman–Crippen MR) is 163 cm³/mol. The number of fused-ring (bicyclic) bond motifs is 2. The molecule has 0 saturated heterocycles. The molecule has 0 aliphatic rings. The van der Waals surface area contributed by atoms with Crippen LogP contribution >= 0.6 is 0 Å². The van der Waals surface area contributed by atoms with E-state index in [2.05, 4.69) is 158 Å². The highest BCUT2D eigenvalue weighted by Gasteiger charge is 2.19. The SMILES string of the molecule is c1ccc(-c2cc3cc4cccc(-c5ccccc5)c4cc3c(-c3ccccc3)c2-c2ccccc2)cc1. The molecule has 0 unspecified atom stereocenters. The zero-order chi connectivity index (χ0) is 25.3. The molecule has 0 heteroatoms. The van der Waals surface area contributed by atoms with Crippen LogP contribution in [-0.2, 0) is 0 Å². The van der Waals surface area contributed by atoms with Crippen LogP contribution in [-0.4, -0.2) is 0 Å². The Morgan fingerprint density at radius 3 is 1.34 bits per heavy atom. The molecule has 0 radical (unpaired) electrons. The lowest BCUT2D eigenvalue weighted by Gasteiger charge is -2.20. The summed E-state index contributed by atoms with van der Waals surface area (Å²) in [4.78, 5) is 0. The van der Waals surface area contributed by atoms with Gasteiger partial charge in [0.05, 0.1) is 0 Å². The Labute approximate surface area is 223 Å². The first kappa shape index (κ1) is 22.3. The van der Waals surface area contributed by atoms with E-state index in [4.69, 9.17) is 0 Å². The average molecular weight is 483 g/mol. The van der Waals surface area contributed by atoms with E-state index in [0.29, 0.717) is 0 Å². The molecule has 0 aromatic heterocycles. The van der Waals surface area contributed by atoms with Gasteiger partial charge in [0.15, 0.2) is 0 Å². The van der Waals surface area contributed by atoms with Crippen molar-refractivity contribution < 1.29 is 0 Å². The summed E-state index contributed by atoms with van der Waals surface area (Å²) in [5.74, 6) is 0. The fourth-order valence-corrected chi connectivity index (χ4v) is 5.70. The van der Waals surface area contributed by atoms with Crippen molar-refractivity contribution in [3.63, 3.8) is 0 Å². The molecule has 0 aliphatic carbocycles. The minimum Gasteiger partial charge on any atom is -0.0622 e. The van der Waals surface area contributed by atoms with Gasteiger partial charge in [-0.05, 0) is 84.3 Å². The third-order valence-electron chi connectivity index (χ3n) is 7.43. The summed E-state index contributed by atoms with van der Waals surface area (Å²) in [6.45, 7) is 0. The molecule has 0 heterocycles. The van der Waals surface area contributed by atoms with E-state index >= 15 is 0 Å². The first-order valence-corrected chi connectivity index (χ1v) is 13.1. The Bertz CT molecular complexity index is 1870. The largest absolute Gasteiger partial charge is 0.0622 e. The summed E-state index contributed by atoms with van der Waals surface area (Å²) in [5, 5.41) is 5.05. The van der Waals surface area contributed by atoms with E-state index in [1.807, 2.05) is 0 Å². The van der Waals surface area contributed by atoms with Gasteiger partial charge in [-0.1, -0.05) is 140 Å². The lowest BCUT2D eigenvalue weighted by atomic mass is 9.83. The minimum atomic E-state index is 1.23. The Kier molecular flexibility index (Phi) is 5.57. The topological polar surface area (TPSA) is 0 Å². The maximum absolute atomic E-state index is 2.41. The second-order valence-electron chi connectivity index (χ2n) is 9.74. The Morgan fingerprint density at radius 2 is 0.763 bits per heavy atom. The van der Waals surface area contributed by atoms with Gasteiger partial charge in [-0.3, -0.25) is 0 Å². The van der Waals surface area contributed by atoms with Crippen molar-refractivity contribution in [2.75, 3.05) is 0 Å². The third-order valence-corrected chi connectivity index (χ3v) is 7.43. The third kappa shape index (κ3) is 3.88. The molecule has 38 heavy (non-hydrogen) atoms. The van der Waals surface area contributed by atoms with Crippen molar-refractivity contribution in [2.24, 2.45) is 0 Å². The van der Waals surface area contributed by atoms with Crippen molar-refractivity contribution >= 4 is 21.5 Å². The van der Waals surface area contributed by atoms with Crippen molar-refractivity contribution in [1.29, 1.82) is 0 Å². The molecule has 0 nitrogen and oxygen atoms in total. The standard InChI is InChI=1S/C38H26/c1-5-14-27(15-6-1)33-23-13-22-31-24-32-25-35(28-16-7-2-8-17-28)37(29-18-9-3-10-19-29)38(36(32)26-34(31)33)30-20-11-4-12-21-30/h1-26H. The first-order chi connectivity index (χ1) is 18.9. The quantitative estimate of drug-likeness (QED) is 0.219. The van der Waals surface area contributed by atoms with Crippen LogP contribution in [0.4, 0.5) is 0 Å². The van der Waals surface area contributed by atoms with Crippen LogP contribution in [0.15, 0.2) is 158 Å². The number of hydrogen-bond donors (Lipinski definition) is 0. The van der Waals surface area contributed by atoms with Crippen LogP contribution in [0.25, 0.3) is 66.1 Å². The summed E-state index contributed by atoms with van der Waals surface area (Å²) in [7, 11) is 0. The second-order valence-corrected chi connectivity index (χ2v) is 9.74. The molecule has 0 atom stereocenters. The molecule has 0 aliphatic heterocycles. The number of benzene rings is 7. The highest BCUT2D eigenvalue weighted by Crippen LogP contribution is 2.46. The van der Waals surface area contributed by atoms with Crippen molar-refractivity contribution in [3.8, 4) is 44.5 Å². The van der Waals surface area contributed by atoms with E-state index in [9.17, 15) is 0 Å². The fraction of sp³-hybridized carbons (Fsp3) is 0. The van der Waals surface area contributed by atoms with E-state index in [1.54, 1.807) is 0 Å². The van der Waals surface area contributed by atoms with Crippen LogP contribution in [0.1, 0.15) is 0 Å². The zero-order valence-corrected chi connectivity index (χ0v) is 21.0. The van der Waals surface area contributed by atoms with Gasteiger partial charge >= 0.3 is 0 Å². The molecular weight excluding hydrogens is 456 g/mol. The summed E-state index contributed by atoms with van der Waals surface area (Å²) >= 11 is 0. The molecule has 178 valence electrons. The average Bonchev–Trinajstić information content (AvgIpc) is 3.00. The molecular formula is C38H26. The second kappa shape index (κ2) is 9.50. The Balaban J connectivity index is 1.66. The number of hydrogen-bond acceptors (Lipinski definition) is 0. The highest BCUT2D eigenvalue weighted by atomic mass is 14.2. The number of rotatable bonds is 4. The summed E-state index contributed by atoms with van der Waals surface area (Å²) in [6.07, 6.45) is 0. The lowest BCUT2D eigenvalue weighted by molar-refractivity contribution is 1.58. The first-order valence-electron chi connectivity index (χ1n) is 13.1. The Hall–Kier alpha value is -4.94. The van der Waals surface area contributed by atoms with Crippen molar-refractivity contribution in [3.05, 3.63) is 158 Å². The van der Waals surface area contributed by atoms with Gasteiger partial charge in [-0.2, -0.15) is 0 Å². The van der Waals surface area contributed by atoms with Crippen molar-refractivity contribution in [2.45, 2.75) is 0 Å². The van der Waals surface area contributed by atoms with Crippen molar-refractivity contribution in [1.82, 2.24) is 0 Å². The van der Waals surface area contributed by atoms with Gasteiger partial charge in [0.2, 0.25) is 0 Å². The lowest BCUT2D eigenvalue weighted by Crippen LogP contribution is -1.94. The highest BCUT2D eigenvalue weighted by molar-refractivity contribution is 6.15. The Morgan fingerprint density at radius 1 is 0.263 bits per heavy atom. The van der Waals surface area contributed by atoms with E-state index in [0.717, 1.165) is 0 Å². The van der Waals surface area contributed by atoms with Gasteiger partial charge in [-0.15, -0.1) is 0 Å². The van der Waals surface area contributed by atoms with E-state index in [-0.39, 0.29) is 0 Å². The van der Waals surface area contributed by atoms with E-state index in [1.165, 1.54) is 66.1 Å². The summed E-state index contributed by atoms with van der Waals surface area (Å²) in [6, 6.07) is 57.0.